The van der Waals surface area contributed by atoms with Crippen LogP contribution < -0.4 is 4.90 Å². The van der Waals surface area contributed by atoms with Crippen molar-refractivity contribution < 1.29 is 9.21 Å². The molecule has 0 radical (unpaired) electrons. The van der Waals surface area contributed by atoms with Crippen LogP contribution in [0, 0.1) is 6.92 Å². The fraction of sp³-hybridized carbons (Fsp3) is 0.263. The summed E-state index contributed by atoms with van der Waals surface area (Å²) < 4.78 is 5.77. The molecule has 0 spiro atoms. The molecule has 25 heavy (non-hydrogen) atoms. The Bertz CT molecular complexity index is 887. The lowest BCUT2D eigenvalue weighted by molar-refractivity contribution is -0.118. The molecule has 3 aromatic rings. The van der Waals surface area contributed by atoms with Crippen LogP contribution in [-0.2, 0) is 11.2 Å². The number of rotatable bonds is 3. The van der Waals surface area contributed by atoms with Crippen molar-refractivity contribution in [2.75, 3.05) is 17.2 Å². The standard InChI is InChI=1S/C19H18N2O2S2/c1-13-14(20-19(23-13)17-8-4-10-25-17)12-18(22)21-9-5-11-24-16-7-3-2-6-15(16)21/h2-4,6-8,10H,5,9,11-12H2,1H3. The largest absolute Gasteiger partial charge is 0.440 e. The Morgan fingerprint density at radius 3 is 3.00 bits per heavy atom. The Labute approximate surface area is 154 Å². The molecule has 1 aliphatic rings. The second-order valence-electron chi connectivity index (χ2n) is 5.89. The van der Waals surface area contributed by atoms with Gasteiger partial charge in [-0.15, -0.1) is 23.1 Å². The zero-order valence-corrected chi connectivity index (χ0v) is 15.5. The van der Waals surface area contributed by atoms with E-state index < -0.39 is 0 Å². The fourth-order valence-corrected chi connectivity index (χ4v) is 4.57. The van der Waals surface area contributed by atoms with Crippen LogP contribution >= 0.6 is 23.1 Å². The van der Waals surface area contributed by atoms with Gasteiger partial charge in [0.25, 0.3) is 0 Å². The van der Waals surface area contributed by atoms with Gasteiger partial charge < -0.3 is 9.32 Å². The van der Waals surface area contributed by atoms with Crippen molar-refractivity contribution in [2.24, 2.45) is 0 Å². The number of amides is 1. The average molecular weight is 370 g/mol. The number of carbonyl (C=O) groups is 1. The molecule has 4 nitrogen and oxygen atoms in total. The molecule has 4 rings (SSSR count). The van der Waals surface area contributed by atoms with Crippen molar-refractivity contribution in [1.82, 2.24) is 4.98 Å². The van der Waals surface area contributed by atoms with Gasteiger partial charge in [-0.1, -0.05) is 18.2 Å². The molecule has 1 amide bonds. The first-order valence-electron chi connectivity index (χ1n) is 8.25. The summed E-state index contributed by atoms with van der Waals surface area (Å²) in [7, 11) is 0. The van der Waals surface area contributed by atoms with E-state index in [1.807, 2.05) is 59.3 Å². The maximum atomic E-state index is 13.0. The zero-order valence-electron chi connectivity index (χ0n) is 13.9. The van der Waals surface area contributed by atoms with Gasteiger partial charge >= 0.3 is 0 Å². The van der Waals surface area contributed by atoms with E-state index in [-0.39, 0.29) is 12.3 Å². The minimum Gasteiger partial charge on any atom is -0.440 e. The summed E-state index contributed by atoms with van der Waals surface area (Å²) >= 11 is 3.40. The van der Waals surface area contributed by atoms with E-state index in [4.69, 9.17) is 4.42 Å². The Kier molecular flexibility index (Phi) is 4.63. The SMILES string of the molecule is Cc1oc(-c2cccs2)nc1CC(=O)N1CCCSc2ccccc21. The van der Waals surface area contributed by atoms with Gasteiger partial charge in [0.05, 0.1) is 22.7 Å². The third-order valence-electron chi connectivity index (χ3n) is 4.18. The van der Waals surface area contributed by atoms with E-state index in [2.05, 4.69) is 11.1 Å². The lowest BCUT2D eigenvalue weighted by atomic mass is 10.2. The van der Waals surface area contributed by atoms with Crippen LogP contribution in [0.2, 0.25) is 0 Å². The third kappa shape index (κ3) is 3.37. The molecule has 0 atom stereocenters. The quantitative estimate of drug-likeness (QED) is 0.665. The Morgan fingerprint density at radius 2 is 2.16 bits per heavy atom. The molecular weight excluding hydrogens is 352 g/mol. The van der Waals surface area contributed by atoms with Crippen LogP contribution in [0.5, 0.6) is 0 Å². The number of thiophene rings is 1. The van der Waals surface area contributed by atoms with Crippen molar-refractivity contribution in [3.63, 3.8) is 0 Å². The molecule has 128 valence electrons. The van der Waals surface area contributed by atoms with Gasteiger partial charge in [0, 0.05) is 11.4 Å². The van der Waals surface area contributed by atoms with Crippen molar-refractivity contribution in [3.05, 3.63) is 53.2 Å². The highest BCUT2D eigenvalue weighted by molar-refractivity contribution is 7.99. The predicted molar refractivity (Wildman–Crippen MR) is 102 cm³/mol. The second-order valence-corrected chi connectivity index (χ2v) is 7.98. The number of aryl methyl sites for hydroxylation is 1. The van der Waals surface area contributed by atoms with Crippen LogP contribution in [0.4, 0.5) is 5.69 Å². The van der Waals surface area contributed by atoms with Crippen molar-refractivity contribution in [3.8, 4) is 10.8 Å². The average Bonchev–Trinajstić information content (AvgIpc) is 3.20. The topological polar surface area (TPSA) is 46.3 Å². The van der Waals surface area contributed by atoms with E-state index >= 15 is 0 Å². The minimum absolute atomic E-state index is 0.0732. The van der Waals surface area contributed by atoms with Crippen molar-refractivity contribution >= 4 is 34.7 Å². The summed E-state index contributed by atoms with van der Waals surface area (Å²) in [5.74, 6) is 2.42. The first kappa shape index (κ1) is 16.4. The molecule has 0 fully saturated rings. The molecule has 0 saturated carbocycles. The molecule has 0 N–H and O–H groups in total. The molecule has 6 heteroatoms. The zero-order chi connectivity index (χ0) is 17.2. The highest BCUT2D eigenvalue weighted by atomic mass is 32.2. The minimum atomic E-state index is 0.0732. The van der Waals surface area contributed by atoms with Crippen LogP contribution in [0.1, 0.15) is 17.9 Å². The molecule has 0 saturated heterocycles. The number of hydrogen-bond donors (Lipinski definition) is 0. The van der Waals surface area contributed by atoms with Crippen LogP contribution in [0.15, 0.2) is 51.1 Å². The Morgan fingerprint density at radius 1 is 1.28 bits per heavy atom. The Hall–Kier alpha value is -2.05. The molecule has 1 aliphatic heterocycles. The molecule has 0 aliphatic carbocycles. The summed E-state index contributed by atoms with van der Waals surface area (Å²) in [6.07, 6.45) is 1.25. The maximum Gasteiger partial charge on any atom is 0.236 e. The summed E-state index contributed by atoms with van der Waals surface area (Å²) in [6.45, 7) is 2.62. The van der Waals surface area contributed by atoms with Crippen molar-refractivity contribution in [1.29, 1.82) is 0 Å². The molecular formula is C19H18N2O2S2. The summed E-state index contributed by atoms with van der Waals surface area (Å²) in [5, 5.41) is 1.99. The summed E-state index contributed by atoms with van der Waals surface area (Å²) in [5.41, 5.74) is 1.73. The number of nitrogens with zero attached hydrogens (tertiary/aromatic N) is 2. The van der Waals surface area contributed by atoms with Gasteiger partial charge in [-0.05, 0) is 42.7 Å². The molecule has 2 aromatic heterocycles. The van der Waals surface area contributed by atoms with Gasteiger partial charge in [-0.25, -0.2) is 4.98 Å². The summed E-state index contributed by atoms with van der Waals surface area (Å²) in [6, 6.07) is 12.1. The number of carbonyl (C=O) groups excluding carboxylic acids is 1. The van der Waals surface area contributed by atoms with Crippen LogP contribution in [0.25, 0.3) is 10.8 Å². The number of thioether (sulfide) groups is 1. The van der Waals surface area contributed by atoms with E-state index in [9.17, 15) is 4.79 Å². The number of oxazole rings is 1. The van der Waals surface area contributed by atoms with Gasteiger partial charge in [-0.2, -0.15) is 0 Å². The van der Waals surface area contributed by atoms with Gasteiger partial charge in [0.2, 0.25) is 11.8 Å². The van der Waals surface area contributed by atoms with E-state index in [0.717, 1.165) is 35.0 Å². The number of fused-ring (bicyclic) bond motifs is 1. The van der Waals surface area contributed by atoms with E-state index in [0.29, 0.717) is 11.7 Å². The highest BCUT2D eigenvalue weighted by Crippen LogP contribution is 2.34. The fourth-order valence-electron chi connectivity index (χ4n) is 2.92. The smallest absolute Gasteiger partial charge is 0.236 e. The van der Waals surface area contributed by atoms with Crippen LogP contribution in [0.3, 0.4) is 0 Å². The summed E-state index contributed by atoms with van der Waals surface area (Å²) in [4.78, 5) is 21.6. The first-order chi connectivity index (χ1) is 12.2. The number of aromatic nitrogens is 1. The van der Waals surface area contributed by atoms with E-state index in [1.54, 1.807) is 11.3 Å². The number of anilines is 1. The number of hydrogen-bond acceptors (Lipinski definition) is 5. The van der Waals surface area contributed by atoms with Crippen LogP contribution in [-0.4, -0.2) is 23.2 Å². The van der Waals surface area contributed by atoms with Crippen molar-refractivity contribution in [2.45, 2.75) is 24.7 Å². The second kappa shape index (κ2) is 7.06. The number of para-hydroxylation sites is 1. The number of benzene rings is 1. The van der Waals surface area contributed by atoms with Gasteiger partial charge in [0.15, 0.2) is 0 Å². The lowest BCUT2D eigenvalue weighted by Crippen LogP contribution is -2.33. The molecule has 1 aromatic carbocycles. The third-order valence-corrected chi connectivity index (χ3v) is 6.19. The van der Waals surface area contributed by atoms with E-state index in [1.165, 1.54) is 4.90 Å². The monoisotopic (exact) mass is 370 g/mol. The maximum absolute atomic E-state index is 13.0. The normalized spacial score (nSPS) is 14.2. The Balaban J connectivity index is 1.58. The predicted octanol–water partition coefficient (Wildman–Crippen LogP) is 4.78. The first-order valence-corrected chi connectivity index (χ1v) is 10.1. The van der Waals surface area contributed by atoms with Gasteiger partial charge in [0.1, 0.15) is 5.76 Å². The highest BCUT2D eigenvalue weighted by Gasteiger charge is 2.23. The van der Waals surface area contributed by atoms with Gasteiger partial charge in [-0.3, -0.25) is 4.79 Å². The lowest BCUT2D eigenvalue weighted by Gasteiger charge is -2.22. The molecule has 0 bridgehead atoms. The molecule has 3 heterocycles. The molecule has 0 unspecified atom stereocenters.